The number of hydrogen-bond donors (Lipinski definition) is 5. The van der Waals surface area contributed by atoms with Crippen LogP contribution in [0.5, 0.6) is 0 Å². The third-order valence-electron chi connectivity index (χ3n) is 12.7. The summed E-state index contributed by atoms with van der Waals surface area (Å²) < 4.78 is 136. The van der Waals surface area contributed by atoms with Gasteiger partial charge in [0.2, 0.25) is 0 Å². The molecule has 0 radical (unpaired) electrons. The zero-order valence-corrected chi connectivity index (χ0v) is 38.3. The molecule has 0 N–H and O–H groups in total. The number of carbonyl (C=O) groups excluding carboxylic acids is 1. The van der Waals surface area contributed by atoms with Crippen LogP contribution in [0.4, 0.5) is 0 Å². The molecule has 18 atom stereocenters. The summed E-state index contributed by atoms with van der Waals surface area (Å²) in [5.74, 6) is 1.68. The number of hydrogen-bond acceptors (Lipinski definition) is 21. The Morgan fingerprint density at radius 2 is 1.29 bits per heavy atom. The van der Waals surface area contributed by atoms with E-state index in [1.807, 2.05) is 0 Å². The summed E-state index contributed by atoms with van der Waals surface area (Å²) in [5, 5.41) is -0.875. The van der Waals surface area contributed by atoms with Gasteiger partial charge in [-0.05, 0) is 43.4 Å². The highest BCUT2D eigenvalue weighted by Crippen LogP contribution is 2.58. The Morgan fingerprint density at radius 3 is 1.75 bits per heavy atom. The van der Waals surface area contributed by atoms with Crippen molar-refractivity contribution in [3.63, 3.8) is 0 Å². The van der Waals surface area contributed by atoms with Crippen molar-refractivity contribution in [1.29, 1.82) is 0 Å². The zero-order valence-electron chi connectivity index (χ0n) is 29.8. The van der Waals surface area contributed by atoms with Gasteiger partial charge in [-0.25, -0.2) is 25.3 Å². The first kappa shape index (κ1) is 44.9. The summed E-state index contributed by atoms with van der Waals surface area (Å²) in [6.45, 7) is 0. The molecule has 2 saturated carbocycles. The highest BCUT2D eigenvalue weighted by molar-refractivity contribution is 7.93. The Hall–Kier alpha value is 0.810. The highest BCUT2D eigenvalue weighted by Gasteiger charge is 2.72. The van der Waals surface area contributed by atoms with Crippen molar-refractivity contribution in [1.82, 2.24) is 0 Å². The van der Waals surface area contributed by atoms with Crippen molar-refractivity contribution >= 4 is 119 Å². The van der Waals surface area contributed by atoms with Crippen LogP contribution in [-0.4, -0.2) is 157 Å². The second kappa shape index (κ2) is 15.9. The lowest BCUT2D eigenvalue weighted by molar-refractivity contribution is -0.146. The van der Waals surface area contributed by atoms with Crippen LogP contribution in [0, 0.1) is 29.6 Å². The maximum absolute atomic E-state index is 11.7. The standard InChI is InChI=1S/C8H10O6S2.C8H12O2S2.C7H10O3S2.C4H8O2S2.C3H6O3S2/c1-12-8(9)2-3-6(15)4-5(13-3)7(2)16(10,11)14-4;9-12(10)3-6-5-1-4(8(6)11)2-7(5)12;8-12(9)2-3-6-5(12)1-4(10-6)7(3)11;5-8(6)2-1-4(7)3-8;4-8(5)2-1-3(7)6-8/h2-7,15H,1H3;4-8,11H,1-3H2;3-7,11H,1-2H2;4,7H,1-3H2;3,7H,1-2H2. The summed E-state index contributed by atoms with van der Waals surface area (Å²) in [6.07, 6.45) is 2.33. The fraction of sp³-hybridized carbons (Fsp3) is 0.967. The average Bonchev–Trinajstić information content (AvgIpc) is 3.96. The van der Waals surface area contributed by atoms with E-state index in [9.17, 15) is 46.9 Å². The van der Waals surface area contributed by atoms with Crippen LogP contribution >= 0.6 is 63.1 Å². The van der Waals surface area contributed by atoms with E-state index in [0.29, 0.717) is 53.1 Å². The molecule has 9 saturated heterocycles. The molecule has 2 aliphatic carbocycles. The Bertz CT molecular complexity index is 2010. The molecule has 26 heteroatoms. The zero-order chi connectivity index (χ0) is 41.1. The first-order valence-electron chi connectivity index (χ1n) is 18.1. The van der Waals surface area contributed by atoms with Crippen molar-refractivity contribution in [2.75, 3.05) is 35.9 Å². The molecule has 6 bridgehead atoms. The van der Waals surface area contributed by atoms with Gasteiger partial charge in [0.05, 0.1) is 69.9 Å². The number of carbonyl (C=O) groups is 1. The molecule has 0 aromatic rings. The van der Waals surface area contributed by atoms with Crippen LogP contribution < -0.4 is 0 Å². The quantitative estimate of drug-likeness (QED) is 0.128. The maximum atomic E-state index is 11.7. The lowest BCUT2D eigenvalue weighted by Gasteiger charge is -2.23. The molecule has 9 heterocycles. The molecule has 0 aromatic heterocycles. The number of ether oxygens (including phenoxy) is 3. The third-order valence-corrected chi connectivity index (χ3v) is 25.3. The minimum Gasteiger partial charge on any atom is -0.469 e. The van der Waals surface area contributed by atoms with Gasteiger partial charge in [0.15, 0.2) is 29.5 Å². The molecule has 322 valence electrons. The van der Waals surface area contributed by atoms with Gasteiger partial charge in [-0.15, -0.1) is 12.6 Å². The van der Waals surface area contributed by atoms with Gasteiger partial charge in [-0.1, -0.05) is 0 Å². The predicted octanol–water partition coefficient (Wildman–Crippen LogP) is -0.345. The second-order valence-electron chi connectivity index (χ2n) is 16.1. The van der Waals surface area contributed by atoms with Crippen LogP contribution in [-0.2, 0) is 77.1 Å². The topological polar surface area (TPSA) is 234 Å². The first-order chi connectivity index (χ1) is 25.9. The van der Waals surface area contributed by atoms with E-state index in [-0.39, 0.29) is 50.6 Å². The smallest absolute Gasteiger partial charge is 0.312 e. The largest absolute Gasteiger partial charge is 0.469 e. The summed E-state index contributed by atoms with van der Waals surface area (Å²) >= 11 is 21.0. The van der Waals surface area contributed by atoms with Crippen LogP contribution in [0.3, 0.4) is 0 Å². The second-order valence-corrected chi connectivity index (χ2v) is 29.4. The SMILES string of the molecule is COC(=O)C1C2OC3C(OS(=O)(=O)C31)C2S.O=S1(=O)CC2C(S)C3CC1C2O3.O=S1(=O)CC2C(S)C3CC2C1C3.O=S1(=O)CCC(S)C1.O=S1(=O)CCC(S)O1. The fourth-order valence-corrected chi connectivity index (χ4v) is 23.2. The minimum absolute atomic E-state index is 0.0240. The summed E-state index contributed by atoms with van der Waals surface area (Å²) in [6, 6.07) is 0. The van der Waals surface area contributed by atoms with E-state index in [0.717, 1.165) is 19.3 Å². The Morgan fingerprint density at radius 1 is 0.625 bits per heavy atom. The molecular formula is C30H46O16S10. The molecule has 0 spiro atoms. The third kappa shape index (κ3) is 8.36. The van der Waals surface area contributed by atoms with Gasteiger partial charge >= 0.3 is 5.97 Å². The lowest BCUT2D eigenvalue weighted by Crippen LogP contribution is -2.46. The van der Waals surface area contributed by atoms with Gasteiger partial charge in [0.1, 0.15) is 28.8 Å². The highest BCUT2D eigenvalue weighted by atomic mass is 32.2. The maximum Gasteiger partial charge on any atom is 0.312 e. The van der Waals surface area contributed by atoms with E-state index in [2.05, 4.69) is 72.1 Å². The van der Waals surface area contributed by atoms with Gasteiger partial charge in [0.25, 0.3) is 20.2 Å². The lowest BCUT2D eigenvalue weighted by atomic mass is 9.86. The van der Waals surface area contributed by atoms with E-state index in [1.165, 1.54) is 7.11 Å². The van der Waals surface area contributed by atoms with E-state index < -0.39 is 95.9 Å². The number of methoxy groups -OCH3 is 1. The van der Waals surface area contributed by atoms with Crippen molar-refractivity contribution in [2.45, 2.75) is 105 Å². The number of fused-ring (bicyclic) bond motifs is 3. The van der Waals surface area contributed by atoms with Crippen molar-refractivity contribution < 1.29 is 69.5 Å². The van der Waals surface area contributed by atoms with Gasteiger partial charge in [0, 0.05) is 28.1 Å². The average molecular weight is 983 g/mol. The van der Waals surface area contributed by atoms with Gasteiger partial charge in [-0.3, -0.25) is 13.2 Å². The van der Waals surface area contributed by atoms with Crippen LogP contribution in [0.15, 0.2) is 0 Å². The first-order valence-corrected chi connectivity index (χ1v) is 29.0. The van der Waals surface area contributed by atoms with Gasteiger partial charge < -0.3 is 14.2 Å². The molecule has 0 aromatic carbocycles. The predicted molar refractivity (Wildman–Crippen MR) is 220 cm³/mol. The molecule has 11 fully saturated rings. The Labute approximate surface area is 355 Å². The van der Waals surface area contributed by atoms with Crippen molar-refractivity contribution in [3.05, 3.63) is 0 Å². The normalized spacial score (nSPS) is 50.5. The number of thiol groups is 5. The Kier molecular flexibility index (Phi) is 12.7. The minimum atomic E-state index is -3.74. The molecule has 9 aliphatic heterocycles. The molecule has 0 amide bonds. The number of sulfone groups is 3. The fourth-order valence-electron chi connectivity index (χ4n) is 10.2. The monoisotopic (exact) mass is 982 g/mol. The molecule has 56 heavy (non-hydrogen) atoms. The molecular weight excluding hydrogens is 937 g/mol. The van der Waals surface area contributed by atoms with Crippen molar-refractivity contribution in [2.24, 2.45) is 29.6 Å². The molecule has 11 aliphatic rings. The van der Waals surface area contributed by atoms with Crippen LogP contribution in [0.25, 0.3) is 0 Å². The molecule has 16 nitrogen and oxygen atoms in total. The summed E-state index contributed by atoms with van der Waals surface area (Å²) in [5.41, 5.74) is -0.403. The number of esters is 1. The van der Waals surface area contributed by atoms with Crippen molar-refractivity contribution in [3.8, 4) is 0 Å². The summed E-state index contributed by atoms with van der Waals surface area (Å²) in [4.78, 5) is 11.6. The molecule has 11 rings (SSSR count). The van der Waals surface area contributed by atoms with E-state index in [4.69, 9.17) is 13.7 Å². The van der Waals surface area contributed by atoms with E-state index in [1.54, 1.807) is 0 Å². The van der Waals surface area contributed by atoms with Crippen LogP contribution in [0.1, 0.15) is 32.1 Å². The molecule has 18 unspecified atom stereocenters. The van der Waals surface area contributed by atoms with E-state index >= 15 is 0 Å². The number of rotatable bonds is 1. The Balaban J connectivity index is 0.000000110. The summed E-state index contributed by atoms with van der Waals surface area (Å²) in [7, 11) is -13.9. The van der Waals surface area contributed by atoms with Gasteiger partial charge in [-0.2, -0.15) is 67.4 Å². The van der Waals surface area contributed by atoms with Crippen LogP contribution in [0.2, 0.25) is 0 Å².